The van der Waals surface area contributed by atoms with Gasteiger partial charge in [0, 0.05) is 19.5 Å². The second-order valence-corrected chi connectivity index (χ2v) is 3.83. The van der Waals surface area contributed by atoms with Crippen LogP contribution in [0.5, 0.6) is 0 Å². The van der Waals surface area contributed by atoms with E-state index in [-0.39, 0.29) is 0 Å². The van der Waals surface area contributed by atoms with Crippen LogP contribution in [0.15, 0.2) is 11.5 Å². The molecule has 0 fully saturated rings. The minimum atomic E-state index is -3.10. The maximum atomic E-state index is 10.8. The van der Waals surface area contributed by atoms with Crippen LogP contribution >= 0.6 is 0 Å². The molecule has 0 aliphatic rings. The van der Waals surface area contributed by atoms with Crippen LogP contribution < -0.4 is 0 Å². The molecule has 0 aromatic rings. The third-order valence-corrected chi connectivity index (χ3v) is 2.45. The van der Waals surface area contributed by atoms with Crippen LogP contribution in [0.1, 0.15) is 6.92 Å². The van der Waals surface area contributed by atoms with Gasteiger partial charge in [0.25, 0.3) is 0 Å². The van der Waals surface area contributed by atoms with Crippen molar-refractivity contribution in [3.8, 4) is 0 Å². The number of hydrogen-bond acceptors (Lipinski definition) is 2. The lowest BCUT2D eigenvalue weighted by atomic mass is 10.8. The van der Waals surface area contributed by atoms with Gasteiger partial charge >= 0.3 is 0 Å². The number of allylic oxidation sites excluding steroid dienone is 1. The molecule has 4 heteroatoms. The molecule has 0 aliphatic heterocycles. The van der Waals surface area contributed by atoms with Gasteiger partial charge in [-0.15, -0.1) is 0 Å². The van der Waals surface area contributed by atoms with E-state index >= 15 is 0 Å². The van der Waals surface area contributed by atoms with E-state index in [1.54, 1.807) is 6.92 Å². The van der Waals surface area contributed by atoms with Gasteiger partial charge in [-0.05, 0) is 6.92 Å². The van der Waals surface area contributed by atoms with E-state index in [9.17, 15) is 8.42 Å². The molecular weight excluding hydrogens is 138 g/mol. The summed E-state index contributed by atoms with van der Waals surface area (Å²) in [6.45, 7) is 1.67. The zero-order valence-electron chi connectivity index (χ0n) is 5.83. The minimum Gasteiger partial charge on any atom is -0.208 e. The number of rotatable bonds is 2. The van der Waals surface area contributed by atoms with Crippen LogP contribution in [0.3, 0.4) is 0 Å². The molecule has 9 heavy (non-hydrogen) atoms. The summed E-state index contributed by atoms with van der Waals surface area (Å²) in [7, 11) is -0.105. The van der Waals surface area contributed by atoms with Crippen molar-refractivity contribution in [2.24, 2.45) is 0 Å². The highest BCUT2D eigenvalue weighted by Crippen LogP contribution is 1.94. The van der Waals surface area contributed by atoms with Crippen molar-refractivity contribution in [2.75, 3.05) is 14.1 Å². The molecule has 0 unspecified atom stereocenters. The summed E-state index contributed by atoms with van der Waals surface area (Å²) in [5, 5.41) is 1.16. The normalized spacial score (nSPS) is 13.3. The van der Waals surface area contributed by atoms with E-state index in [0.29, 0.717) is 0 Å². The Morgan fingerprint density at radius 2 is 1.78 bits per heavy atom. The average Bonchev–Trinajstić information content (AvgIpc) is 1.65. The lowest BCUT2D eigenvalue weighted by molar-refractivity contribution is 0.531. The molecule has 0 rings (SSSR count). The second-order valence-electron chi connectivity index (χ2n) is 1.80. The van der Waals surface area contributed by atoms with Gasteiger partial charge in [-0.2, -0.15) is 0 Å². The third kappa shape index (κ3) is 2.62. The van der Waals surface area contributed by atoms with Gasteiger partial charge in [-0.1, -0.05) is 6.08 Å². The molecule has 0 saturated carbocycles. The van der Waals surface area contributed by atoms with Crippen LogP contribution in [-0.4, -0.2) is 26.8 Å². The van der Waals surface area contributed by atoms with E-state index in [1.165, 1.54) is 20.2 Å². The highest BCUT2D eigenvalue weighted by Gasteiger charge is 2.05. The predicted octanol–water partition coefficient (Wildman–Crippen LogP) is 0.411. The van der Waals surface area contributed by atoms with Gasteiger partial charge in [0.05, 0.1) is 0 Å². The smallest absolute Gasteiger partial charge is 0.208 e. The molecule has 0 aliphatic carbocycles. The zero-order chi connectivity index (χ0) is 7.49. The van der Waals surface area contributed by atoms with Gasteiger partial charge in [0.2, 0.25) is 10.0 Å². The Hall–Kier alpha value is -0.350. The largest absolute Gasteiger partial charge is 0.235 e. The summed E-state index contributed by atoms with van der Waals surface area (Å²) in [6, 6.07) is 0. The summed E-state index contributed by atoms with van der Waals surface area (Å²) >= 11 is 0. The topological polar surface area (TPSA) is 37.4 Å². The van der Waals surface area contributed by atoms with Gasteiger partial charge in [0.15, 0.2) is 0 Å². The third-order valence-electron chi connectivity index (χ3n) is 0.817. The van der Waals surface area contributed by atoms with E-state index in [2.05, 4.69) is 0 Å². The summed E-state index contributed by atoms with van der Waals surface area (Å²) in [6.07, 6.45) is 1.50. The Kier molecular flexibility index (Phi) is 2.87. The van der Waals surface area contributed by atoms with Crippen LogP contribution in [0.25, 0.3) is 0 Å². The Morgan fingerprint density at radius 1 is 1.33 bits per heavy atom. The SMILES string of the molecule is C/C=C/S(=O)(=O)N(C)C. The zero-order valence-corrected chi connectivity index (χ0v) is 6.64. The molecular formula is C5H11NO2S. The Balaban J connectivity index is 4.42. The Morgan fingerprint density at radius 3 is 1.89 bits per heavy atom. The van der Waals surface area contributed by atoms with E-state index in [0.717, 1.165) is 9.71 Å². The molecule has 0 aromatic heterocycles. The first kappa shape index (κ1) is 8.65. The Bertz CT molecular complexity index is 191. The van der Waals surface area contributed by atoms with Crippen molar-refractivity contribution in [3.63, 3.8) is 0 Å². The molecule has 54 valence electrons. The van der Waals surface area contributed by atoms with Crippen LogP contribution in [0.4, 0.5) is 0 Å². The summed E-state index contributed by atoms with van der Waals surface area (Å²) in [4.78, 5) is 0. The highest BCUT2D eigenvalue weighted by atomic mass is 32.2. The Labute approximate surface area is 56.0 Å². The van der Waals surface area contributed by atoms with Crippen molar-refractivity contribution in [2.45, 2.75) is 6.92 Å². The first-order valence-corrected chi connectivity index (χ1v) is 4.06. The van der Waals surface area contributed by atoms with Crippen molar-refractivity contribution in [3.05, 3.63) is 11.5 Å². The first-order valence-electron chi connectivity index (χ1n) is 2.56. The van der Waals surface area contributed by atoms with Crippen LogP contribution in [-0.2, 0) is 10.0 Å². The fourth-order valence-corrected chi connectivity index (χ4v) is 0.881. The van der Waals surface area contributed by atoms with Crippen LogP contribution in [0.2, 0.25) is 0 Å². The standard InChI is InChI=1S/C5H11NO2S/c1-4-5-9(7,8)6(2)3/h4-5H,1-3H3/b5-4+. The molecule has 0 spiro atoms. The van der Waals surface area contributed by atoms with Crippen molar-refractivity contribution >= 4 is 10.0 Å². The predicted molar refractivity (Wildman–Crippen MR) is 37.4 cm³/mol. The molecule has 0 N–H and O–H groups in total. The fourth-order valence-electron chi connectivity index (χ4n) is 0.294. The molecule has 3 nitrogen and oxygen atoms in total. The van der Waals surface area contributed by atoms with Gasteiger partial charge in [-0.25, -0.2) is 12.7 Å². The van der Waals surface area contributed by atoms with Crippen molar-refractivity contribution < 1.29 is 8.42 Å². The highest BCUT2D eigenvalue weighted by molar-refractivity contribution is 7.91. The maximum Gasteiger partial charge on any atom is 0.235 e. The molecule has 0 saturated heterocycles. The van der Waals surface area contributed by atoms with Crippen molar-refractivity contribution in [1.29, 1.82) is 0 Å². The fraction of sp³-hybridized carbons (Fsp3) is 0.600. The quantitative estimate of drug-likeness (QED) is 0.570. The van der Waals surface area contributed by atoms with Crippen molar-refractivity contribution in [1.82, 2.24) is 4.31 Å². The summed E-state index contributed by atoms with van der Waals surface area (Å²) < 4.78 is 22.7. The number of nitrogens with zero attached hydrogens (tertiary/aromatic N) is 1. The second kappa shape index (κ2) is 2.98. The number of sulfonamides is 1. The molecule has 0 heterocycles. The van der Waals surface area contributed by atoms with E-state index in [4.69, 9.17) is 0 Å². The lowest BCUT2D eigenvalue weighted by Gasteiger charge is -2.04. The average molecular weight is 149 g/mol. The van der Waals surface area contributed by atoms with Gasteiger partial charge in [0.1, 0.15) is 0 Å². The molecule has 0 atom stereocenters. The molecule has 0 bridgehead atoms. The first-order chi connectivity index (χ1) is 4.00. The molecule has 0 radical (unpaired) electrons. The van der Waals surface area contributed by atoms with Crippen LogP contribution in [0, 0.1) is 0 Å². The van der Waals surface area contributed by atoms with E-state index in [1.807, 2.05) is 0 Å². The monoisotopic (exact) mass is 149 g/mol. The summed E-state index contributed by atoms with van der Waals surface area (Å²) in [5.41, 5.74) is 0. The van der Waals surface area contributed by atoms with E-state index < -0.39 is 10.0 Å². The summed E-state index contributed by atoms with van der Waals surface area (Å²) in [5.74, 6) is 0. The number of hydrogen-bond donors (Lipinski definition) is 0. The molecule has 0 aromatic carbocycles. The van der Waals surface area contributed by atoms with Gasteiger partial charge < -0.3 is 0 Å². The lowest BCUT2D eigenvalue weighted by Crippen LogP contribution is -2.19. The molecule has 0 amide bonds. The van der Waals surface area contributed by atoms with Gasteiger partial charge in [-0.3, -0.25) is 0 Å². The maximum absolute atomic E-state index is 10.8. The minimum absolute atomic E-state index is 1.16.